The molecule has 0 N–H and O–H groups in total. The summed E-state index contributed by atoms with van der Waals surface area (Å²) in [7, 11) is 1.30. The van der Waals surface area contributed by atoms with E-state index in [2.05, 4.69) is 4.98 Å². The molecule has 2 aromatic rings. The van der Waals surface area contributed by atoms with Crippen LogP contribution in [0.15, 0.2) is 30.5 Å². The van der Waals surface area contributed by atoms with Crippen molar-refractivity contribution in [1.29, 1.82) is 5.26 Å². The van der Waals surface area contributed by atoms with Crippen LogP contribution in [0.4, 0.5) is 10.1 Å². The number of ether oxygens (including phenoxy) is 1. The molecule has 1 fully saturated rings. The van der Waals surface area contributed by atoms with E-state index in [9.17, 15) is 24.6 Å². The van der Waals surface area contributed by atoms with Crippen LogP contribution in [0.3, 0.4) is 0 Å². The Morgan fingerprint density at radius 3 is 2.92 bits per heavy atom. The van der Waals surface area contributed by atoms with Crippen molar-refractivity contribution in [3.8, 4) is 17.3 Å². The summed E-state index contributed by atoms with van der Waals surface area (Å²) >= 11 is 0. The van der Waals surface area contributed by atoms with E-state index in [0.717, 1.165) is 12.1 Å². The average Bonchev–Trinajstić information content (AvgIpc) is 3.41. The fourth-order valence-electron chi connectivity index (χ4n) is 2.88. The number of hydrogen-bond acceptors (Lipinski definition) is 6. The van der Waals surface area contributed by atoms with Gasteiger partial charge in [-0.15, -0.1) is 0 Å². The largest absolute Gasteiger partial charge is 0.469 e. The smallest absolute Gasteiger partial charge is 0.309 e. The Morgan fingerprint density at radius 2 is 2.28 bits per heavy atom. The zero-order chi connectivity index (χ0) is 18.1. The number of nitro benzene ring substituents is 1. The predicted molar refractivity (Wildman–Crippen MR) is 83.9 cm³/mol. The van der Waals surface area contributed by atoms with Gasteiger partial charge < -0.3 is 4.74 Å². The van der Waals surface area contributed by atoms with E-state index in [-0.39, 0.29) is 28.9 Å². The number of carbonyl (C=O) groups excluding carboxylic acids is 1. The maximum absolute atomic E-state index is 13.8. The first-order valence-corrected chi connectivity index (χ1v) is 7.39. The fraction of sp³-hybridized carbons (Fsp3) is 0.235. The van der Waals surface area contributed by atoms with Crippen LogP contribution < -0.4 is 0 Å². The number of hydrogen-bond donors (Lipinski definition) is 0. The van der Waals surface area contributed by atoms with E-state index in [4.69, 9.17) is 4.74 Å². The summed E-state index contributed by atoms with van der Waals surface area (Å²) in [5.74, 6) is -1.88. The van der Waals surface area contributed by atoms with Gasteiger partial charge in [-0.3, -0.25) is 19.9 Å². The number of esters is 1. The highest BCUT2D eigenvalue weighted by Gasteiger charge is 2.46. The third kappa shape index (κ3) is 2.92. The summed E-state index contributed by atoms with van der Waals surface area (Å²) in [4.78, 5) is 26.1. The summed E-state index contributed by atoms with van der Waals surface area (Å²) in [5.41, 5.74) is 0.389. The Bertz CT molecular complexity index is 923. The molecule has 0 bridgehead atoms. The molecule has 1 heterocycles. The molecule has 126 valence electrons. The van der Waals surface area contributed by atoms with Gasteiger partial charge in [-0.1, -0.05) is 6.07 Å². The van der Waals surface area contributed by atoms with Crippen LogP contribution in [0.2, 0.25) is 0 Å². The standard InChI is InChI=1S/C17H12FN3O4/c1-25-17(22)13-6-12(13)10-3-2-4-20-16(10)11-7-15(21(23)24)14(18)5-9(11)8-19/h2-5,7,12-13H,6H2,1H3. The van der Waals surface area contributed by atoms with Gasteiger partial charge in [0.15, 0.2) is 0 Å². The van der Waals surface area contributed by atoms with Gasteiger partial charge >= 0.3 is 11.7 Å². The van der Waals surface area contributed by atoms with Gasteiger partial charge in [0.2, 0.25) is 5.82 Å². The average molecular weight is 341 g/mol. The number of nitrogens with zero attached hydrogens (tertiary/aromatic N) is 3. The second-order valence-electron chi connectivity index (χ2n) is 5.63. The highest BCUT2D eigenvalue weighted by molar-refractivity contribution is 5.80. The molecule has 0 saturated heterocycles. The lowest BCUT2D eigenvalue weighted by atomic mass is 9.97. The first-order valence-electron chi connectivity index (χ1n) is 7.39. The van der Waals surface area contributed by atoms with E-state index in [1.54, 1.807) is 12.1 Å². The molecule has 2 unspecified atom stereocenters. The van der Waals surface area contributed by atoms with Crippen molar-refractivity contribution in [3.63, 3.8) is 0 Å². The van der Waals surface area contributed by atoms with Crippen LogP contribution in [0.1, 0.15) is 23.5 Å². The van der Waals surface area contributed by atoms with Crippen LogP contribution in [-0.4, -0.2) is 23.0 Å². The fourth-order valence-corrected chi connectivity index (χ4v) is 2.88. The zero-order valence-corrected chi connectivity index (χ0v) is 13.1. The van der Waals surface area contributed by atoms with Gasteiger partial charge in [0.1, 0.15) is 0 Å². The van der Waals surface area contributed by atoms with Crippen molar-refractivity contribution >= 4 is 11.7 Å². The molecule has 0 amide bonds. The molecule has 0 aliphatic heterocycles. The topological polar surface area (TPSA) is 106 Å². The van der Waals surface area contributed by atoms with Gasteiger partial charge in [-0.05, 0) is 24.1 Å². The third-order valence-electron chi connectivity index (χ3n) is 4.19. The quantitative estimate of drug-likeness (QED) is 0.481. The molecule has 25 heavy (non-hydrogen) atoms. The van der Waals surface area contributed by atoms with E-state index in [1.807, 2.05) is 6.07 Å². The van der Waals surface area contributed by atoms with E-state index < -0.39 is 16.4 Å². The minimum atomic E-state index is -1.08. The van der Waals surface area contributed by atoms with Gasteiger partial charge in [0.05, 0.1) is 35.3 Å². The molecule has 3 rings (SSSR count). The minimum absolute atomic E-state index is 0.0571. The second-order valence-corrected chi connectivity index (χ2v) is 5.63. The summed E-state index contributed by atoms with van der Waals surface area (Å²) in [6.07, 6.45) is 2.04. The molecule has 1 aliphatic rings. The SMILES string of the molecule is COC(=O)C1CC1c1cccnc1-c1cc([N+](=O)[O-])c(F)cc1C#N. The molecule has 0 spiro atoms. The molecule has 1 aromatic heterocycles. The number of carbonyl (C=O) groups is 1. The van der Waals surface area contributed by atoms with Gasteiger partial charge in [0, 0.05) is 23.7 Å². The number of pyridine rings is 1. The van der Waals surface area contributed by atoms with Crippen molar-refractivity contribution < 1.29 is 18.8 Å². The third-order valence-corrected chi connectivity index (χ3v) is 4.19. The van der Waals surface area contributed by atoms with Crippen molar-refractivity contribution in [2.24, 2.45) is 5.92 Å². The molecule has 8 heteroatoms. The summed E-state index contributed by atoms with van der Waals surface area (Å²) in [6.45, 7) is 0. The highest BCUT2D eigenvalue weighted by atomic mass is 19.1. The molecule has 2 atom stereocenters. The number of methoxy groups -OCH3 is 1. The van der Waals surface area contributed by atoms with Gasteiger partial charge in [-0.25, -0.2) is 0 Å². The van der Waals surface area contributed by atoms with Crippen molar-refractivity contribution in [3.05, 3.63) is 57.5 Å². The van der Waals surface area contributed by atoms with Crippen molar-refractivity contribution in [2.75, 3.05) is 7.11 Å². The zero-order valence-electron chi connectivity index (χ0n) is 13.1. The lowest BCUT2D eigenvalue weighted by Gasteiger charge is -2.10. The Labute approximate surface area is 141 Å². The minimum Gasteiger partial charge on any atom is -0.469 e. The number of nitriles is 1. The van der Waals surface area contributed by atoms with E-state index in [1.165, 1.54) is 13.3 Å². The molecular formula is C17H12FN3O4. The van der Waals surface area contributed by atoms with Crippen LogP contribution in [0.5, 0.6) is 0 Å². The molecule has 1 aromatic carbocycles. The lowest BCUT2D eigenvalue weighted by Crippen LogP contribution is -2.05. The Morgan fingerprint density at radius 1 is 1.52 bits per heavy atom. The van der Waals surface area contributed by atoms with Crippen molar-refractivity contribution in [1.82, 2.24) is 4.98 Å². The first kappa shape index (κ1) is 16.5. The second kappa shape index (κ2) is 6.28. The van der Waals surface area contributed by atoms with Gasteiger partial charge in [-0.2, -0.15) is 9.65 Å². The molecular weight excluding hydrogens is 329 g/mol. The first-order chi connectivity index (χ1) is 12.0. The maximum atomic E-state index is 13.8. The summed E-state index contributed by atoms with van der Waals surface area (Å²) < 4.78 is 18.5. The lowest BCUT2D eigenvalue weighted by molar-refractivity contribution is -0.387. The molecule has 1 saturated carbocycles. The van der Waals surface area contributed by atoms with E-state index >= 15 is 0 Å². The summed E-state index contributed by atoms with van der Waals surface area (Å²) in [6, 6.07) is 7.10. The molecule has 1 aliphatic carbocycles. The highest BCUT2D eigenvalue weighted by Crippen LogP contribution is 2.50. The van der Waals surface area contributed by atoms with Crippen LogP contribution in [0, 0.1) is 33.2 Å². The van der Waals surface area contributed by atoms with Crippen LogP contribution >= 0.6 is 0 Å². The predicted octanol–water partition coefficient (Wildman–Crippen LogP) is 2.94. The number of aromatic nitrogens is 1. The van der Waals surface area contributed by atoms with E-state index in [0.29, 0.717) is 17.7 Å². The monoisotopic (exact) mass is 341 g/mol. The van der Waals surface area contributed by atoms with Gasteiger partial charge in [0.25, 0.3) is 0 Å². The van der Waals surface area contributed by atoms with Crippen LogP contribution in [-0.2, 0) is 9.53 Å². The number of benzene rings is 1. The number of halogens is 1. The number of rotatable bonds is 4. The van der Waals surface area contributed by atoms with Crippen molar-refractivity contribution in [2.45, 2.75) is 12.3 Å². The Balaban J connectivity index is 2.13. The molecule has 7 nitrogen and oxygen atoms in total. The molecule has 0 radical (unpaired) electrons. The summed E-state index contributed by atoms with van der Waals surface area (Å²) in [5, 5.41) is 20.3. The normalized spacial score (nSPS) is 18.3. The Kier molecular flexibility index (Phi) is 4.15. The van der Waals surface area contributed by atoms with Crippen LogP contribution in [0.25, 0.3) is 11.3 Å². The Hall–Kier alpha value is -3.34. The maximum Gasteiger partial charge on any atom is 0.309 e. The number of nitro groups is 1.